The Bertz CT molecular complexity index is 3060. The maximum atomic E-state index is 13.8. The Balaban J connectivity index is 1.08. The van der Waals surface area contributed by atoms with Gasteiger partial charge >= 0.3 is 0 Å². The molecule has 127 heavy (non-hydrogen) atoms. The quantitative estimate of drug-likeness (QED) is 0.0271. The van der Waals surface area contributed by atoms with Gasteiger partial charge in [0.2, 0.25) is 17.7 Å². The predicted molar refractivity (Wildman–Crippen MR) is 451 cm³/mol. The molecule has 3 amide bonds. The minimum Gasteiger partial charge on any atom is -0.394 e. The molecule has 0 radical (unpaired) electrons. The van der Waals surface area contributed by atoms with Gasteiger partial charge in [0.1, 0.15) is 159 Å². The summed E-state index contributed by atoms with van der Waals surface area (Å²) in [6.45, 7) is 3.09. The van der Waals surface area contributed by atoms with Crippen LogP contribution in [0.5, 0.6) is 0 Å². The van der Waals surface area contributed by atoms with Crippen LogP contribution in [0.1, 0.15) is 247 Å². The Morgan fingerprint density at radius 3 is 1.17 bits per heavy atom. The molecular weight excluding hydrogens is 1670 g/mol. The molecule has 7 saturated heterocycles. The van der Waals surface area contributed by atoms with Gasteiger partial charge in [0, 0.05) is 20.3 Å². The number of unbranched alkanes of at least 4 members (excludes halogenated alkanes) is 28. The number of nitrogens with one attached hydrogen (secondary N) is 3. The van der Waals surface area contributed by atoms with E-state index in [2.05, 4.69) is 41.9 Å². The molecule has 37 atom stereocenters. The number of amides is 3. The molecule has 7 aliphatic rings. The molecule has 0 saturated carbocycles. The zero-order chi connectivity index (χ0) is 92.8. The number of ether oxygens (including phenoxy) is 14. The molecule has 7 rings (SSSR count). The van der Waals surface area contributed by atoms with Gasteiger partial charge in [-0.25, -0.2) is 0 Å². The number of carbonyl (C=O) groups is 3. The second kappa shape index (κ2) is 58.8. The monoisotopic (exact) mass is 1830 g/mol. The molecule has 0 bridgehead atoms. The van der Waals surface area contributed by atoms with Crippen LogP contribution in [0, 0.1) is 0 Å². The highest BCUT2D eigenvalue weighted by atomic mass is 16.8. The van der Waals surface area contributed by atoms with E-state index in [1.165, 1.54) is 136 Å². The Hall–Kier alpha value is -3.43. The van der Waals surface area contributed by atoms with E-state index in [1.807, 2.05) is 6.08 Å². The minimum atomic E-state index is -2.34. The first-order valence-corrected chi connectivity index (χ1v) is 46.8. The van der Waals surface area contributed by atoms with Crippen molar-refractivity contribution in [3.05, 3.63) is 24.3 Å². The van der Waals surface area contributed by atoms with Crippen molar-refractivity contribution in [1.29, 1.82) is 0 Å². The van der Waals surface area contributed by atoms with E-state index in [4.69, 9.17) is 66.3 Å². The maximum Gasteiger partial charge on any atom is 0.220 e. The molecule has 7 heterocycles. The Labute approximate surface area is 746 Å². The third-order valence-corrected chi connectivity index (χ3v) is 24.9. The molecule has 22 N–H and O–H groups in total. The number of rotatable bonds is 58. The van der Waals surface area contributed by atoms with Gasteiger partial charge < -0.3 is 179 Å². The summed E-state index contributed by atoms with van der Waals surface area (Å²) < 4.78 is 86.4. The highest BCUT2D eigenvalue weighted by Gasteiger charge is 2.61. The predicted octanol–water partition coefficient (Wildman–Crippen LogP) is -0.428. The van der Waals surface area contributed by atoms with Crippen molar-refractivity contribution in [2.45, 2.75) is 474 Å². The zero-order valence-corrected chi connectivity index (χ0v) is 75.0. The molecule has 0 spiro atoms. The summed E-state index contributed by atoms with van der Waals surface area (Å²) in [6.07, 6.45) is -23.5. The first-order valence-electron chi connectivity index (χ1n) is 46.8. The van der Waals surface area contributed by atoms with Gasteiger partial charge in [0.05, 0.1) is 64.0 Å². The Morgan fingerprint density at radius 1 is 0.323 bits per heavy atom. The van der Waals surface area contributed by atoms with Crippen LogP contribution < -0.4 is 16.0 Å². The fourth-order valence-corrected chi connectivity index (χ4v) is 17.2. The first kappa shape index (κ1) is 111. The summed E-state index contributed by atoms with van der Waals surface area (Å²) in [5.41, 5.74) is 0. The lowest BCUT2D eigenvalue weighted by Crippen LogP contribution is -2.72. The molecule has 7 fully saturated rings. The van der Waals surface area contributed by atoms with Crippen molar-refractivity contribution >= 4 is 17.7 Å². The lowest BCUT2D eigenvalue weighted by molar-refractivity contribution is -0.408. The average Bonchev–Trinajstić information content (AvgIpc) is 0.755. The molecule has 39 heteroatoms. The second-order valence-corrected chi connectivity index (χ2v) is 35.2. The van der Waals surface area contributed by atoms with Crippen LogP contribution in [-0.2, 0) is 80.7 Å². The van der Waals surface area contributed by atoms with Gasteiger partial charge in [-0.1, -0.05) is 192 Å². The molecular formula is C88H157N3O36. The van der Waals surface area contributed by atoms with E-state index < -0.39 is 278 Å². The summed E-state index contributed by atoms with van der Waals surface area (Å²) in [7, 11) is 0. The van der Waals surface area contributed by atoms with Gasteiger partial charge in [-0.15, -0.1) is 0 Å². The highest BCUT2D eigenvalue weighted by Crippen LogP contribution is 2.41. The molecule has 0 aromatic rings. The molecule has 740 valence electrons. The SMILES string of the molecule is CCCCCCCC/C=C\CCCCCCCCCCCCCC(=O)N[C@@H](CO[C@@H]1OC(CO)[C@@H](O[C@@H]2OC(CO)[C@H](O)[C@H](O[C@@H]3OC(CO)[C@@H](O[C@H]4OC(C)[C@@H](O)C(O)[C@@H]4O)[C@H](O[C@@H]4OC(CO)[C@H](O)[C@H](O[C@H]5OC(CO)[C@H](O)[C@H](O)C5NC(C)=O)C4O[C@H]4OC(C)[C@@H](O)C(O)[C@@H]4O)C3NC(C)=O)C2O)[C@H](O)C1O)[C@H](O)/C=C/CCCCCCCCCCCCC. The summed E-state index contributed by atoms with van der Waals surface area (Å²) in [5, 5.41) is 224. The molecule has 39 nitrogen and oxygen atoms in total. The van der Waals surface area contributed by atoms with Gasteiger partial charge in [0.25, 0.3) is 0 Å². The standard InChI is InChI=1S/C88H157N3O36/c1-7-9-11-13-15-17-19-21-22-23-24-25-26-27-28-30-32-34-36-38-40-42-60(100)91-53(54(99)41-39-37-35-33-31-29-20-18-16-14-12-10-8-2)48-114-84-74(112)71(109)76(58(46-95)121-84)122-87-75(113)79(66(104)56(44-93)118-87)125-83-62(90-52(6)98)78(77(59(47-96)120-83)123-85-72(110)69(107)63(101)49(3)115-85)124-88-81(127-86-73(111)70(108)64(102)50(4)116-86)80(67(105)57(45-94)119-88)126-82-61(89-51(5)97)68(106)65(103)55(43-92)117-82/h21-22,39,41,49-50,53-59,61-88,92-96,99,101-113H,7-20,23-38,40,42-48H2,1-6H3,(H,89,97)(H,90,98)(H,91,100)/b22-21-,41-39+/t49?,50?,53-,54+,55?,56?,57?,58?,59?,61?,62?,63+,64+,65-,66-,67-,68+,69?,70?,71+,72-,73-,74?,75?,76+,77+,78+,79-,80-,81?,82+,83-,84+,85+,86+,87-,88-/m0/s1. The van der Waals surface area contributed by atoms with Crippen molar-refractivity contribution in [3.8, 4) is 0 Å². The van der Waals surface area contributed by atoms with Gasteiger partial charge in [-0.2, -0.15) is 0 Å². The van der Waals surface area contributed by atoms with Crippen molar-refractivity contribution < 1.29 is 178 Å². The molecule has 0 aromatic carbocycles. The second-order valence-electron chi connectivity index (χ2n) is 35.2. The van der Waals surface area contributed by atoms with E-state index in [0.29, 0.717) is 12.8 Å². The van der Waals surface area contributed by atoms with Crippen LogP contribution >= 0.6 is 0 Å². The van der Waals surface area contributed by atoms with Crippen molar-refractivity contribution in [3.63, 3.8) is 0 Å². The number of carbonyl (C=O) groups excluding carboxylic acids is 3. The van der Waals surface area contributed by atoms with E-state index >= 15 is 0 Å². The topological polar surface area (TPSA) is 601 Å². The molecule has 7 aliphatic heterocycles. The van der Waals surface area contributed by atoms with Gasteiger partial charge in [0.15, 0.2) is 44.0 Å². The van der Waals surface area contributed by atoms with Crippen LogP contribution in [0.2, 0.25) is 0 Å². The number of aliphatic hydroxyl groups is 19. The number of hydrogen-bond acceptors (Lipinski definition) is 36. The smallest absolute Gasteiger partial charge is 0.220 e. The first-order chi connectivity index (χ1) is 61.0. The third-order valence-electron chi connectivity index (χ3n) is 24.9. The largest absolute Gasteiger partial charge is 0.394 e. The van der Waals surface area contributed by atoms with Gasteiger partial charge in [-0.05, 0) is 58.8 Å². The lowest BCUT2D eigenvalue weighted by atomic mass is 9.93. The van der Waals surface area contributed by atoms with Crippen molar-refractivity contribution in [2.24, 2.45) is 0 Å². The fraction of sp³-hybridized carbons (Fsp3) is 0.920. The van der Waals surface area contributed by atoms with E-state index in [0.717, 1.165) is 78.1 Å². The van der Waals surface area contributed by atoms with Crippen LogP contribution in [0.3, 0.4) is 0 Å². The van der Waals surface area contributed by atoms with Crippen LogP contribution in [-0.4, -0.2) is 381 Å². The number of aliphatic hydroxyl groups excluding tert-OH is 19. The number of allylic oxidation sites excluding steroid dienone is 3. The average molecular weight is 1830 g/mol. The normalized spacial score (nSPS) is 37.9. The molecule has 14 unspecified atom stereocenters. The van der Waals surface area contributed by atoms with E-state index in [1.54, 1.807) is 6.08 Å². The summed E-state index contributed by atoms with van der Waals surface area (Å²) >= 11 is 0. The maximum absolute atomic E-state index is 13.8. The Kier molecular flexibility index (Phi) is 51.2. The lowest BCUT2D eigenvalue weighted by Gasteiger charge is -2.53. The van der Waals surface area contributed by atoms with Crippen LogP contribution in [0.25, 0.3) is 0 Å². The molecule has 0 aromatic heterocycles. The van der Waals surface area contributed by atoms with E-state index in [-0.39, 0.29) is 12.3 Å². The van der Waals surface area contributed by atoms with Crippen LogP contribution in [0.15, 0.2) is 24.3 Å². The summed E-state index contributed by atoms with van der Waals surface area (Å²) in [5.74, 6) is -2.18. The highest BCUT2D eigenvalue weighted by molar-refractivity contribution is 5.76. The third kappa shape index (κ3) is 33.8. The number of hydrogen-bond donors (Lipinski definition) is 22. The Morgan fingerprint density at radius 2 is 0.677 bits per heavy atom. The van der Waals surface area contributed by atoms with Gasteiger partial charge in [-0.3, -0.25) is 14.4 Å². The van der Waals surface area contributed by atoms with Crippen molar-refractivity contribution in [2.75, 3.05) is 39.6 Å². The summed E-state index contributed by atoms with van der Waals surface area (Å²) in [6, 6.07) is -4.93. The minimum absolute atomic E-state index is 0.144. The van der Waals surface area contributed by atoms with E-state index in [9.17, 15) is 111 Å². The fourth-order valence-electron chi connectivity index (χ4n) is 17.2. The van der Waals surface area contributed by atoms with Crippen molar-refractivity contribution in [1.82, 2.24) is 16.0 Å². The van der Waals surface area contributed by atoms with Crippen LogP contribution in [0.4, 0.5) is 0 Å². The summed E-state index contributed by atoms with van der Waals surface area (Å²) in [4.78, 5) is 40.2. The molecule has 0 aliphatic carbocycles. The zero-order valence-electron chi connectivity index (χ0n) is 75.0.